The van der Waals surface area contributed by atoms with Crippen LogP contribution in [-0.4, -0.2) is 33.9 Å². The molecule has 0 saturated carbocycles. The van der Waals surface area contributed by atoms with Gasteiger partial charge in [-0.15, -0.1) is 0 Å². The summed E-state index contributed by atoms with van der Waals surface area (Å²) in [5, 5.41) is 5.69. The van der Waals surface area contributed by atoms with Gasteiger partial charge in [-0.2, -0.15) is 0 Å². The van der Waals surface area contributed by atoms with Crippen LogP contribution < -0.4 is 15.4 Å². The Balaban J connectivity index is 0.000000148. The molecule has 0 atom stereocenters. The highest BCUT2D eigenvalue weighted by Gasteiger charge is 2.25. The minimum absolute atomic E-state index is 0.0390. The molecule has 2 amide bonds. The molecule has 8 heteroatoms. The van der Waals surface area contributed by atoms with E-state index in [-0.39, 0.29) is 11.8 Å². The second-order valence-electron chi connectivity index (χ2n) is 8.54. The number of para-hydroxylation sites is 1. The first kappa shape index (κ1) is 22.9. The van der Waals surface area contributed by atoms with Crippen LogP contribution in [0.5, 0.6) is 5.75 Å². The topological polar surface area (TPSA) is 112 Å². The Morgan fingerprint density at radius 3 is 2.25 bits per heavy atom. The molecule has 0 unspecified atom stereocenters. The third-order valence-electron chi connectivity index (χ3n) is 6.02. The number of H-pyrrole nitrogens is 2. The van der Waals surface area contributed by atoms with Crippen LogP contribution in [0, 0.1) is 13.8 Å². The Hall–Kier alpha value is -4.85. The Labute approximate surface area is 208 Å². The largest absolute Gasteiger partial charge is 0.497 e. The second kappa shape index (κ2) is 9.42. The predicted molar refractivity (Wildman–Crippen MR) is 141 cm³/mol. The number of nitrogens with one attached hydrogen (secondary N) is 4. The van der Waals surface area contributed by atoms with E-state index in [1.807, 2.05) is 62.4 Å². The van der Waals surface area contributed by atoms with E-state index in [1.165, 1.54) is 0 Å². The van der Waals surface area contributed by atoms with Crippen molar-refractivity contribution in [3.63, 3.8) is 0 Å². The normalized spacial score (nSPS) is 15.8. The minimum atomic E-state index is -0.118. The average Bonchev–Trinajstić information content (AvgIpc) is 3.63. The van der Waals surface area contributed by atoms with Gasteiger partial charge in [-0.25, -0.2) is 4.98 Å². The van der Waals surface area contributed by atoms with Crippen molar-refractivity contribution in [2.75, 3.05) is 17.7 Å². The summed E-state index contributed by atoms with van der Waals surface area (Å²) >= 11 is 0. The fraction of sp³-hybridized carbons (Fsp3) is 0.107. The fourth-order valence-electron chi connectivity index (χ4n) is 4.26. The molecule has 4 aromatic rings. The van der Waals surface area contributed by atoms with Gasteiger partial charge in [0, 0.05) is 33.9 Å². The summed E-state index contributed by atoms with van der Waals surface area (Å²) in [4.78, 5) is 34.0. The number of nitrogens with zero attached hydrogens (tertiary/aromatic N) is 1. The lowest BCUT2D eigenvalue weighted by Gasteiger charge is -2.02. The van der Waals surface area contributed by atoms with Gasteiger partial charge in [0.25, 0.3) is 11.8 Å². The first-order valence-corrected chi connectivity index (χ1v) is 11.4. The summed E-state index contributed by atoms with van der Waals surface area (Å²) < 4.78 is 5.17. The third kappa shape index (κ3) is 4.44. The van der Waals surface area contributed by atoms with Crippen LogP contribution >= 0.6 is 0 Å². The molecule has 2 aromatic carbocycles. The van der Waals surface area contributed by atoms with E-state index in [4.69, 9.17) is 4.74 Å². The Morgan fingerprint density at radius 1 is 0.861 bits per heavy atom. The van der Waals surface area contributed by atoms with Crippen molar-refractivity contribution in [3.05, 3.63) is 94.8 Å². The first-order chi connectivity index (χ1) is 17.4. The molecule has 2 aliphatic heterocycles. The van der Waals surface area contributed by atoms with Gasteiger partial charge in [0.15, 0.2) is 0 Å². The van der Waals surface area contributed by atoms with Crippen molar-refractivity contribution in [2.45, 2.75) is 13.8 Å². The van der Waals surface area contributed by atoms with Crippen LogP contribution in [0.4, 0.5) is 11.4 Å². The van der Waals surface area contributed by atoms with Crippen LogP contribution in [0.15, 0.2) is 61.1 Å². The minimum Gasteiger partial charge on any atom is -0.497 e. The Morgan fingerprint density at radius 2 is 1.58 bits per heavy atom. The van der Waals surface area contributed by atoms with Crippen LogP contribution in [0.1, 0.15) is 33.8 Å². The van der Waals surface area contributed by atoms with Gasteiger partial charge in [0.1, 0.15) is 5.75 Å². The maximum Gasteiger partial charge on any atom is 0.256 e. The smallest absolute Gasteiger partial charge is 0.256 e. The number of aromatic nitrogens is 3. The number of aryl methyl sites for hydroxylation is 2. The molecule has 4 heterocycles. The molecule has 0 spiro atoms. The van der Waals surface area contributed by atoms with E-state index < -0.39 is 0 Å². The van der Waals surface area contributed by atoms with E-state index in [1.54, 1.807) is 25.7 Å². The van der Waals surface area contributed by atoms with E-state index in [9.17, 15) is 9.59 Å². The van der Waals surface area contributed by atoms with Crippen molar-refractivity contribution in [1.29, 1.82) is 0 Å². The summed E-state index contributed by atoms with van der Waals surface area (Å²) in [5.74, 6) is 0.566. The molecular formula is C28H25N5O3. The number of aromatic amines is 2. The zero-order valence-electron chi connectivity index (χ0n) is 20.1. The number of methoxy groups -OCH3 is 1. The SMILES string of the molecule is COc1ccc2c(c1)/C(=C/c1cnc[nH]1)C(=O)N2.Cc1cc(C)c(/C=C2\C(=O)Nc3ccccc32)[nH]1. The van der Waals surface area contributed by atoms with Gasteiger partial charge in [0.05, 0.1) is 36.5 Å². The highest BCUT2D eigenvalue weighted by atomic mass is 16.5. The van der Waals surface area contributed by atoms with Crippen molar-refractivity contribution < 1.29 is 14.3 Å². The van der Waals surface area contributed by atoms with Gasteiger partial charge < -0.3 is 25.3 Å². The quantitative estimate of drug-likeness (QED) is 0.309. The van der Waals surface area contributed by atoms with Gasteiger partial charge in [0.2, 0.25) is 0 Å². The molecule has 0 bridgehead atoms. The zero-order valence-corrected chi connectivity index (χ0v) is 20.1. The first-order valence-electron chi connectivity index (χ1n) is 11.4. The molecule has 0 saturated heterocycles. The second-order valence-corrected chi connectivity index (χ2v) is 8.54. The van der Waals surface area contributed by atoms with Gasteiger partial charge >= 0.3 is 0 Å². The van der Waals surface area contributed by atoms with E-state index in [2.05, 4.69) is 31.7 Å². The number of hydrogen-bond donors (Lipinski definition) is 4. The standard InChI is InChI=1S/C15H14N2O.C13H11N3O2/c1-9-7-10(2)16-14(9)8-12-11-5-3-4-6-13(11)17-15(12)18;1-18-9-2-3-12-10(5-9)11(13(17)16-12)4-8-6-14-7-15-8/h3-8,16H,1-2H3,(H,17,18);2-7H,1H3,(H,14,15)(H,16,17)/b12-8-;11-4-. The van der Waals surface area contributed by atoms with Crippen molar-refractivity contribution in [3.8, 4) is 5.75 Å². The van der Waals surface area contributed by atoms with Crippen LogP contribution in [0.2, 0.25) is 0 Å². The van der Waals surface area contributed by atoms with Gasteiger partial charge in [-0.3, -0.25) is 9.59 Å². The van der Waals surface area contributed by atoms with Crippen LogP contribution in [0.3, 0.4) is 0 Å². The van der Waals surface area contributed by atoms with E-state index >= 15 is 0 Å². The van der Waals surface area contributed by atoms with Crippen molar-refractivity contribution >= 4 is 46.5 Å². The molecule has 0 aliphatic carbocycles. The van der Waals surface area contributed by atoms with Crippen LogP contribution in [0.25, 0.3) is 23.3 Å². The lowest BCUT2D eigenvalue weighted by Crippen LogP contribution is -2.03. The molecular weight excluding hydrogens is 454 g/mol. The number of anilines is 2. The summed E-state index contributed by atoms with van der Waals surface area (Å²) in [6, 6.07) is 15.3. The van der Waals surface area contributed by atoms with Crippen molar-refractivity contribution in [2.24, 2.45) is 0 Å². The molecule has 4 N–H and O–H groups in total. The summed E-state index contributed by atoms with van der Waals surface area (Å²) in [6.45, 7) is 4.05. The lowest BCUT2D eigenvalue weighted by atomic mass is 10.1. The summed E-state index contributed by atoms with van der Waals surface area (Å²) in [7, 11) is 1.60. The highest BCUT2D eigenvalue weighted by Crippen LogP contribution is 2.35. The zero-order chi connectivity index (χ0) is 25.2. The number of carbonyl (C=O) groups is 2. The molecule has 180 valence electrons. The number of rotatable bonds is 3. The lowest BCUT2D eigenvalue weighted by molar-refractivity contribution is -0.111. The Bertz CT molecular complexity index is 1530. The molecule has 36 heavy (non-hydrogen) atoms. The highest BCUT2D eigenvalue weighted by molar-refractivity contribution is 6.35. The van der Waals surface area contributed by atoms with Crippen LogP contribution in [-0.2, 0) is 9.59 Å². The fourth-order valence-corrected chi connectivity index (χ4v) is 4.26. The maximum absolute atomic E-state index is 12.0. The number of carbonyl (C=O) groups excluding carboxylic acids is 2. The monoisotopic (exact) mass is 479 g/mol. The number of benzene rings is 2. The predicted octanol–water partition coefficient (Wildman–Crippen LogP) is 5.04. The number of imidazole rings is 1. The summed E-state index contributed by atoms with van der Waals surface area (Å²) in [6.07, 6.45) is 6.93. The molecule has 6 rings (SSSR count). The number of ether oxygens (including phenoxy) is 1. The van der Waals surface area contributed by atoms with E-state index in [0.717, 1.165) is 56.5 Å². The molecule has 8 nitrogen and oxygen atoms in total. The number of hydrogen-bond acceptors (Lipinski definition) is 4. The number of amides is 2. The Kier molecular flexibility index (Phi) is 6.00. The van der Waals surface area contributed by atoms with Gasteiger partial charge in [-0.05, 0) is 61.9 Å². The average molecular weight is 480 g/mol. The van der Waals surface area contributed by atoms with Crippen molar-refractivity contribution in [1.82, 2.24) is 15.0 Å². The molecule has 2 aromatic heterocycles. The molecule has 2 aliphatic rings. The number of fused-ring (bicyclic) bond motifs is 2. The third-order valence-corrected chi connectivity index (χ3v) is 6.02. The molecule has 0 fully saturated rings. The van der Waals surface area contributed by atoms with Gasteiger partial charge in [-0.1, -0.05) is 18.2 Å². The molecule has 0 radical (unpaired) electrons. The summed E-state index contributed by atoms with van der Waals surface area (Å²) in [5.41, 5.74) is 8.85. The van der Waals surface area contributed by atoms with E-state index in [0.29, 0.717) is 5.57 Å². The maximum atomic E-state index is 12.0.